The van der Waals surface area contributed by atoms with Crippen LogP contribution in [-0.4, -0.2) is 18.1 Å². The van der Waals surface area contributed by atoms with Gasteiger partial charge in [0.15, 0.2) is 0 Å². The maximum atomic E-state index is 5.36. The molecule has 0 atom stereocenters. The summed E-state index contributed by atoms with van der Waals surface area (Å²) in [6.45, 7) is 2.10. The van der Waals surface area contributed by atoms with Crippen LogP contribution >= 0.6 is 0 Å². The van der Waals surface area contributed by atoms with E-state index in [-0.39, 0.29) is 0 Å². The van der Waals surface area contributed by atoms with E-state index >= 15 is 0 Å². The summed E-state index contributed by atoms with van der Waals surface area (Å²) in [5.74, 6) is 7.05. The molecule has 3 rings (SSSR count). The van der Waals surface area contributed by atoms with Crippen molar-refractivity contribution in [3.8, 4) is 11.1 Å². The minimum absolute atomic E-state index is 0.664. The molecule has 1 heterocycles. The Morgan fingerprint density at radius 2 is 1.48 bits per heavy atom. The molecule has 5 heteroatoms. The van der Waals surface area contributed by atoms with Gasteiger partial charge in [-0.25, -0.2) is 4.98 Å². The summed E-state index contributed by atoms with van der Waals surface area (Å²) < 4.78 is 0. The van der Waals surface area contributed by atoms with Gasteiger partial charge in [0.2, 0.25) is 0 Å². The first-order valence-electron chi connectivity index (χ1n) is 8.38. The standard InChI is InChI=1S/C20H23N5/c21-24-14-13-22-20-18(17-9-5-2-6-10-17)11-12-19(25-20)23-15-16-7-3-1-4-8-16/h1-12,24H,13-15,21H2,(H2,22,23,25). The highest BCUT2D eigenvalue weighted by molar-refractivity contribution is 5.76. The van der Waals surface area contributed by atoms with Gasteiger partial charge in [-0.15, -0.1) is 0 Å². The summed E-state index contributed by atoms with van der Waals surface area (Å²) >= 11 is 0. The summed E-state index contributed by atoms with van der Waals surface area (Å²) in [5.41, 5.74) is 6.08. The molecule has 0 saturated heterocycles. The van der Waals surface area contributed by atoms with Gasteiger partial charge in [0, 0.05) is 25.2 Å². The number of nitrogens with one attached hydrogen (secondary N) is 3. The van der Waals surface area contributed by atoms with Gasteiger partial charge >= 0.3 is 0 Å². The number of aromatic nitrogens is 1. The fraction of sp³-hybridized carbons (Fsp3) is 0.150. The van der Waals surface area contributed by atoms with Gasteiger partial charge in [-0.3, -0.25) is 11.3 Å². The molecule has 0 aliphatic heterocycles. The van der Waals surface area contributed by atoms with Gasteiger partial charge in [-0.05, 0) is 23.3 Å². The van der Waals surface area contributed by atoms with E-state index in [1.165, 1.54) is 5.56 Å². The van der Waals surface area contributed by atoms with Crippen LogP contribution in [0.5, 0.6) is 0 Å². The first-order chi connectivity index (χ1) is 12.4. The molecule has 25 heavy (non-hydrogen) atoms. The van der Waals surface area contributed by atoms with Crippen molar-refractivity contribution >= 4 is 11.6 Å². The van der Waals surface area contributed by atoms with Crippen molar-refractivity contribution in [1.82, 2.24) is 10.4 Å². The van der Waals surface area contributed by atoms with Crippen molar-refractivity contribution < 1.29 is 0 Å². The zero-order chi connectivity index (χ0) is 17.3. The molecule has 3 aromatic rings. The van der Waals surface area contributed by atoms with Crippen LogP contribution in [-0.2, 0) is 6.54 Å². The molecule has 0 radical (unpaired) electrons. The Kier molecular flexibility index (Phi) is 5.98. The number of pyridine rings is 1. The number of anilines is 2. The maximum Gasteiger partial charge on any atom is 0.136 e. The normalized spacial score (nSPS) is 10.4. The molecule has 0 amide bonds. The predicted molar refractivity (Wildman–Crippen MR) is 104 cm³/mol. The zero-order valence-corrected chi connectivity index (χ0v) is 14.1. The smallest absolute Gasteiger partial charge is 0.136 e. The third-order valence-corrected chi connectivity index (χ3v) is 3.86. The average Bonchev–Trinajstić information content (AvgIpc) is 2.68. The molecular weight excluding hydrogens is 310 g/mol. The summed E-state index contributed by atoms with van der Waals surface area (Å²) in [4.78, 5) is 4.75. The van der Waals surface area contributed by atoms with Crippen molar-refractivity contribution in [2.24, 2.45) is 5.84 Å². The first-order valence-corrected chi connectivity index (χ1v) is 8.38. The van der Waals surface area contributed by atoms with E-state index in [0.717, 1.165) is 29.3 Å². The lowest BCUT2D eigenvalue weighted by atomic mass is 10.1. The van der Waals surface area contributed by atoms with E-state index in [1.54, 1.807) is 0 Å². The van der Waals surface area contributed by atoms with Crippen molar-refractivity contribution in [2.45, 2.75) is 6.54 Å². The first kappa shape index (κ1) is 17.0. The largest absolute Gasteiger partial charge is 0.368 e. The molecule has 0 aliphatic carbocycles. The lowest BCUT2D eigenvalue weighted by Gasteiger charge is -2.14. The van der Waals surface area contributed by atoms with Gasteiger partial charge in [-0.1, -0.05) is 60.7 Å². The number of nitrogens with zero attached hydrogens (tertiary/aromatic N) is 1. The lowest BCUT2D eigenvalue weighted by molar-refractivity contribution is 0.752. The topological polar surface area (TPSA) is 75.0 Å². The summed E-state index contributed by atoms with van der Waals surface area (Å²) in [6, 6.07) is 24.6. The van der Waals surface area contributed by atoms with E-state index in [9.17, 15) is 0 Å². The minimum Gasteiger partial charge on any atom is -0.368 e. The maximum absolute atomic E-state index is 5.36. The van der Waals surface area contributed by atoms with Crippen molar-refractivity contribution in [3.63, 3.8) is 0 Å². The Morgan fingerprint density at radius 1 is 0.760 bits per heavy atom. The zero-order valence-electron chi connectivity index (χ0n) is 14.1. The van der Waals surface area contributed by atoms with E-state index in [1.807, 2.05) is 42.5 Å². The Bertz CT molecular complexity index is 775. The fourth-order valence-corrected chi connectivity index (χ4v) is 2.58. The molecule has 128 valence electrons. The van der Waals surface area contributed by atoms with Gasteiger partial charge < -0.3 is 10.6 Å². The lowest BCUT2D eigenvalue weighted by Crippen LogP contribution is -2.28. The Morgan fingerprint density at radius 3 is 2.20 bits per heavy atom. The van der Waals surface area contributed by atoms with Crippen molar-refractivity contribution in [3.05, 3.63) is 78.4 Å². The summed E-state index contributed by atoms with van der Waals surface area (Å²) in [7, 11) is 0. The quantitative estimate of drug-likeness (QED) is 0.289. The highest BCUT2D eigenvalue weighted by Gasteiger charge is 2.08. The van der Waals surface area contributed by atoms with Crippen LogP contribution in [0.4, 0.5) is 11.6 Å². The predicted octanol–water partition coefficient (Wildman–Crippen LogP) is 3.24. The molecular formula is C20H23N5. The number of benzene rings is 2. The molecule has 0 spiro atoms. The summed E-state index contributed by atoms with van der Waals surface area (Å²) in [5, 5.41) is 6.74. The minimum atomic E-state index is 0.664. The molecule has 0 fully saturated rings. The highest BCUT2D eigenvalue weighted by atomic mass is 15.2. The molecule has 5 N–H and O–H groups in total. The SMILES string of the molecule is NNCCNc1nc(NCc2ccccc2)ccc1-c1ccccc1. The average molecular weight is 333 g/mol. The van der Waals surface area contributed by atoms with Crippen LogP contribution in [0.25, 0.3) is 11.1 Å². The van der Waals surface area contributed by atoms with E-state index in [0.29, 0.717) is 13.1 Å². The molecule has 2 aromatic carbocycles. The fourth-order valence-electron chi connectivity index (χ4n) is 2.58. The van der Waals surface area contributed by atoms with Gasteiger partial charge in [0.25, 0.3) is 0 Å². The molecule has 5 nitrogen and oxygen atoms in total. The van der Waals surface area contributed by atoms with Gasteiger partial charge in [-0.2, -0.15) is 0 Å². The van der Waals surface area contributed by atoms with E-state index < -0.39 is 0 Å². The second-order valence-corrected chi connectivity index (χ2v) is 5.68. The Labute approximate surface area is 148 Å². The second-order valence-electron chi connectivity index (χ2n) is 5.68. The van der Waals surface area contributed by atoms with Gasteiger partial charge in [0.05, 0.1) is 0 Å². The molecule has 0 bridgehead atoms. The number of nitrogens with two attached hydrogens (primary N) is 1. The van der Waals surface area contributed by atoms with Gasteiger partial charge in [0.1, 0.15) is 11.6 Å². The third kappa shape index (κ3) is 4.79. The summed E-state index contributed by atoms with van der Waals surface area (Å²) in [6.07, 6.45) is 0. The van der Waals surface area contributed by atoms with Crippen LogP contribution < -0.4 is 21.9 Å². The number of rotatable bonds is 8. The van der Waals surface area contributed by atoms with Crippen LogP contribution in [0.2, 0.25) is 0 Å². The Hall–Kier alpha value is -2.89. The second kappa shape index (κ2) is 8.82. The molecule has 0 unspecified atom stereocenters. The monoisotopic (exact) mass is 333 g/mol. The molecule has 0 saturated carbocycles. The number of hydrogen-bond donors (Lipinski definition) is 4. The van der Waals surface area contributed by atoms with Crippen LogP contribution in [0.15, 0.2) is 72.8 Å². The van der Waals surface area contributed by atoms with E-state index in [2.05, 4.69) is 46.4 Å². The molecule has 0 aliphatic rings. The molecule has 1 aromatic heterocycles. The van der Waals surface area contributed by atoms with Crippen LogP contribution in [0, 0.1) is 0 Å². The van der Waals surface area contributed by atoms with Crippen molar-refractivity contribution in [2.75, 3.05) is 23.7 Å². The van der Waals surface area contributed by atoms with Crippen LogP contribution in [0.3, 0.4) is 0 Å². The number of hydrogen-bond acceptors (Lipinski definition) is 5. The number of hydrazine groups is 1. The van der Waals surface area contributed by atoms with Crippen molar-refractivity contribution in [1.29, 1.82) is 0 Å². The highest BCUT2D eigenvalue weighted by Crippen LogP contribution is 2.27. The Balaban J connectivity index is 1.79. The van der Waals surface area contributed by atoms with Crippen LogP contribution in [0.1, 0.15) is 5.56 Å². The third-order valence-electron chi connectivity index (χ3n) is 3.86. The van der Waals surface area contributed by atoms with E-state index in [4.69, 9.17) is 10.8 Å².